The van der Waals surface area contributed by atoms with Crippen LogP contribution >= 0.6 is 0 Å². The molecule has 9 heteroatoms. The number of rotatable bonds is 10. The monoisotopic (exact) mass is 484 g/mol. The first-order valence-electron chi connectivity index (χ1n) is 11.9. The predicted octanol–water partition coefficient (Wildman–Crippen LogP) is 2.30. The zero-order valence-corrected chi connectivity index (χ0v) is 21.3. The van der Waals surface area contributed by atoms with E-state index < -0.39 is 18.1 Å². The number of pyridine rings is 1. The molecule has 2 unspecified atom stereocenters. The highest BCUT2D eigenvalue weighted by Gasteiger charge is 2.25. The number of imidazole rings is 1. The van der Waals surface area contributed by atoms with Crippen LogP contribution < -0.4 is 10.9 Å². The van der Waals surface area contributed by atoms with E-state index >= 15 is 0 Å². The zero-order chi connectivity index (χ0) is 25.9. The summed E-state index contributed by atoms with van der Waals surface area (Å²) >= 11 is 0. The molecule has 0 fully saturated rings. The third kappa shape index (κ3) is 5.98. The maximum absolute atomic E-state index is 12.4. The summed E-state index contributed by atoms with van der Waals surface area (Å²) < 4.78 is 8.79. The second-order valence-electron chi connectivity index (χ2n) is 9.61. The molecule has 3 rings (SSSR count). The molecule has 3 atom stereocenters. The van der Waals surface area contributed by atoms with Gasteiger partial charge in [-0.3, -0.25) is 14.9 Å². The quantitative estimate of drug-likeness (QED) is 0.378. The van der Waals surface area contributed by atoms with Crippen molar-refractivity contribution in [3.8, 4) is 11.4 Å². The van der Waals surface area contributed by atoms with Crippen molar-refractivity contribution >= 4 is 17.0 Å². The third-order valence-electron chi connectivity index (χ3n) is 5.90. The molecular weight excluding hydrogens is 448 g/mol. The second kappa shape index (κ2) is 11.2. The Labute approximate surface area is 205 Å². The van der Waals surface area contributed by atoms with Crippen molar-refractivity contribution in [3.05, 3.63) is 51.9 Å². The van der Waals surface area contributed by atoms with E-state index in [-0.39, 0.29) is 24.1 Å². The average molecular weight is 485 g/mol. The highest BCUT2D eigenvalue weighted by atomic mass is 16.5. The second-order valence-corrected chi connectivity index (χ2v) is 9.61. The molecule has 0 bridgehead atoms. The van der Waals surface area contributed by atoms with Crippen LogP contribution in [0.15, 0.2) is 35.3 Å². The predicted molar refractivity (Wildman–Crippen MR) is 135 cm³/mol. The van der Waals surface area contributed by atoms with Gasteiger partial charge in [0, 0.05) is 30.9 Å². The Morgan fingerprint density at radius 1 is 1.20 bits per heavy atom. The fraction of sp³-hybridized carbons (Fsp3) is 0.500. The largest absolute Gasteiger partial charge is 0.464 e. The number of nitrogens with one attached hydrogen (secondary N) is 1. The molecule has 0 aliphatic heterocycles. The number of nitrogens with zero attached hydrogens (tertiary/aromatic N) is 3. The van der Waals surface area contributed by atoms with Gasteiger partial charge in [-0.05, 0) is 50.5 Å². The van der Waals surface area contributed by atoms with E-state index in [9.17, 15) is 19.8 Å². The summed E-state index contributed by atoms with van der Waals surface area (Å²) in [6, 6.07) is 6.50. The van der Waals surface area contributed by atoms with E-state index in [1.54, 1.807) is 27.1 Å². The van der Waals surface area contributed by atoms with E-state index in [1.807, 2.05) is 49.6 Å². The number of benzene rings is 1. The van der Waals surface area contributed by atoms with Crippen LogP contribution in [0.1, 0.15) is 44.9 Å². The van der Waals surface area contributed by atoms with Gasteiger partial charge in [0.15, 0.2) is 0 Å². The number of carbonyl (C=O) groups excluding carboxylic acids is 1. The number of ether oxygens (including phenoxy) is 1. The van der Waals surface area contributed by atoms with Crippen molar-refractivity contribution in [2.24, 2.45) is 13.0 Å². The molecule has 0 aliphatic carbocycles. The number of hydrogen-bond acceptors (Lipinski definition) is 7. The first-order valence-corrected chi connectivity index (χ1v) is 11.9. The van der Waals surface area contributed by atoms with Crippen molar-refractivity contribution in [2.45, 2.75) is 59.4 Å². The van der Waals surface area contributed by atoms with Crippen molar-refractivity contribution in [2.75, 3.05) is 13.2 Å². The van der Waals surface area contributed by atoms with E-state index in [2.05, 4.69) is 5.32 Å². The Balaban J connectivity index is 1.94. The molecule has 1 aromatic carbocycles. The molecule has 0 amide bonds. The molecular formula is C26H36N4O5. The van der Waals surface area contributed by atoms with Gasteiger partial charge < -0.3 is 24.1 Å². The van der Waals surface area contributed by atoms with Gasteiger partial charge in [0.05, 0.1) is 36.4 Å². The lowest BCUT2D eigenvalue weighted by Crippen LogP contribution is -2.45. The van der Waals surface area contributed by atoms with Crippen LogP contribution in [-0.4, -0.2) is 55.7 Å². The molecule has 3 aromatic rings. The maximum atomic E-state index is 12.4. The number of carbonyl (C=O) groups is 1. The lowest BCUT2D eigenvalue weighted by molar-refractivity contribution is -0.150. The molecule has 0 radical (unpaired) electrons. The molecule has 0 saturated carbocycles. The molecule has 9 nitrogen and oxygen atoms in total. The lowest BCUT2D eigenvalue weighted by Gasteiger charge is -2.21. The van der Waals surface area contributed by atoms with Crippen LogP contribution in [0.25, 0.3) is 22.4 Å². The number of aryl methyl sites for hydroxylation is 2. The smallest absolute Gasteiger partial charge is 0.325 e. The number of aliphatic hydroxyl groups excluding tert-OH is 2. The topological polar surface area (TPSA) is 119 Å². The summed E-state index contributed by atoms with van der Waals surface area (Å²) in [5.74, 6) is 0.380. The fourth-order valence-corrected chi connectivity index (χ4v) is 4.00. The lowest BCUT2D eigenvalue weighted by atomic mass is 10.1. The number of fused-ring (bicyclic) bond motifs is 1. The van der Waals surface area contributed by atoms with Crippen molar-refractivity contribution in [1.82, 2.24) is 19.4 Å². The number of hydrogen-bond donors (Lipinski definition) is 3. The summed E-state index contributed by atoms with van der Waals surface area (Å²) in [5.41, 5.74) is 3.77. The molecule has 3 N–H and O–H groups in total. The highest BCUT2D eigenvalue weighted by Crippen LogP contribution is 2.29. The number of aromatic nitrogens is 3. The minimum Gasteiger partial charge on any atom is -0.464 e. The highest BCUT2D eigenvalue weighted by molar-refractivity contribution is 5.81. The fourth-order valence-electron chi connectivity index (χ4n) is 4.00. The summed E-state index contributed by atoms with van der Waals surface area (Å²) in [5, 5.41) is 23.1. The zero-order valence-electron chi connectivity index (χ0n) is 21.3. The molecule has 2 heterocycles. The number of aliphatic hydroxyl groups is 2. The molecule has 2 aromatic heterocycles. The molecule has 35 heavy (non-hydrogen) atoms. The van der Waals surface area contributed by atoms with Crippen LogP contribution in [-0.2, 0) is 23.1 Å². The Bertz CT molecular complexity index is 1220. The summed E-state index contributed by atoms with van der Waals surface area (Å²) in [6.07, 6.45) is 0.831. The van der Waals surface area contributed by atoms with Crippen LogP contribution in [0.5, 0.6) is 0 Å². The van der Waals surface area contributed by atoms with Crippen molar-refractivity contribution in [1.29, 1.82) is 0 Å². The van der Waals surface area contributed by atoms with E-state index in [0.717, 1.165) is 22.2 Å². The number of esters is 1. The van der Waals surface area contributed by atoms with Gasteiger partial charge in [-0.2, -0.15) is 0 Å². The van der Waals surface area contributed by atoms with Gasteiger partial charge in [-0.15, -0.1) is 0 Å². The third-order valence-corrected chi connectivity index (χ3v) is 5.90. The normalized spacial score (nSPS) is 14.3. The Kier molecular flexibility index (Phi) is 8.47. The van der Waals surface area contributed by atoms with E-state index in [0.29, 0.717) is 24.5 Å². The van der Waals surface area contributed by atoms with Crippen LogP contribution in [0.2, 0.25) is 0 Å². The maximum Gasteiger partial charge on any atom is 0.325 e. The standard InChI is InChI=1S/C26H36N4O5/c1-15(2)14-35-26(34)23(18(5)32)27-11-19-7-8-22-21(10-19)28-24(30(22)17(4)13-31)20-9-16(3)25(33)29(6)12-20/h7-10,12,15,17-18,23,27,31-32H,11,13-14H2,1-6H3/t17-,18?,23?/m1/s1. The van der Waals surface area contributed by atoms with E-state index in [4.69, 9.17) is 9.72 Å². The molecule has 190 valence electrons. The van der Waals surface area contributed by atoms with Gasteiger partial charge >= 0.3 is 5.97 Å². The first-order chi connectivity index (χ1) is 16.5. The Morgan fingerprint density at radius 2 is 1.91 bits per heavy atom. The summed E-state index contributed by atoms with van der Waals surface area (Å²) in [4.78, 5) is 29.4. The van der Waals surface area contributed by atoms with Crippen LogP contribution in [0.4, 0.5) is 0 Å². The SMILES string of the molecule is Cc1cc(-c2nc3cc(CNC(C(=O)OCC(C)C)C(C)O)ccc3n2[C@H](C)CO)cn(C)c1=O. The van der Waals surface area contributed by atoms with E-state index in [1.165, 1.54) is 4.57 Å². The van der Waals surface area contributed by atoms with Crippen LogP contribution in [0.3, 0.4) is 0 Å². The van der Waals surface area contributed by atoms with Gasteiger partial charge in [0.2, 0.25) is 0 Å². The summed E-state index contributed by atoms with van der Waals surface area (Å²) in [6.45, 7) is 9.69. The van der Waals surface area contributed by atoms with Gasteiger partial charge in [-0.25, -0.2) is 4.98 Å². The first kappa shape index (κ1) is 26.6. The minimum atomic E-state index is -0.914. The van der Waals surface area contributed by atoms with Crippen LogP contribution in [0, 0.1) is 12.8 Å². The average Bonchev–Trinajstić information content (AvgIpc) is 3.19. The molecule has 0 aliphatic rings. The Hall–Kier alpha value is -3.01. The van der Waals surface area contributed by atoms with Gasteiger partial charge in [0.25, 0.3) is 5.56 Å². The Morgan fingerprint density at radius 3 is 2.51 bits per heavy atom. The van der Waals surface area contributed by atoms with Gasteiger partial charge in [-0.1, -0.05) is 19.9 Å². The summed E-state index contributed by atoms with van der Waals surface area (Å²) in [7, 11) is 1.70. The van der Waals surface area contributed by atoms with Crippen molar-refractivity contribution in [3.63, 3.8) is 0 Å². The molecule has 0 spiro atoms. The van der Waals surface area contributed by atoms with Gasteiger partial charge in [0.1, 0.15) is 11.9 Å². The van der Waals surface area contributed by atoms with Crippen molar-refractivity contribution < 1.29 is 19.7 Å². The molecule has 0 saturated heterocycles. The minimum absolute atomic E-state index is 0.0684.